The number of carbonyl (C=O) groups excluding carboxylic acids is 1. The van der Waals surface area contributed by atoms with Crippen molar-refractivity contribution in [1.29, 1.82) is 0 Å². The molecule has 6 nitrogen and oxygen atoms in total. The molecule has 0 aliphatic heterocycles. The fourth-order valence-electron chi connectivity index (χ4n) is 2.97. The monoisotopic (exact) mass is 392 g/mol. The SMILES string of the molecule is C[C@H](CNC(=O)CSc1nnc(-c2c[nH]c3ccccc23)o1)c1ccccc1. The molecule has 0 bridgehead atoms. The Hall–Kier alpha value is -3.06. The van der Waals surface area contributed by atoms with Crippen molar-refractivity contribution < 1.29 is 9.21 Å². The minimum atomic E-state index is -0.0559. The second-order valence-electron chi connectivity index (χ2n) is 6.53. The Morgan fingerprint density at radius 1 is 1.14 bits per heavy atom. The molecule has 4 aromatic rings. The van der Waals surface area contributed by atoms with E-state index in [9.17, 15) is 4.79 Å². The van der Waals surface area contributed by atoms with E-state index >= 15 is 0 Å². The van der Waals surface area contributed by atoms with Gasteiger partial charge in [0.25, 0.3) is 11.1 Å². The van der Waals surface area contributed by atoms with E-state index < -0.39 is 0 Å². The number of amides is 1. The molecular weight excluding hydrogens is 372 g/mol. The van der Waals surface area contributed by atoms with Crippen LogP contribution in [0.4, 0.5) is 0 Å². The quantitative estimate of drug-likeness (QED) is 0.460. The van der Waals surface area contributed by atoms with Crippen molar-refractivity contribution in [3.05, 3.63) is 66.4 Å². The molecule has 1 atom stereocenters. The lowest BCUT2D eigenvalue weighted by molar-refractivity contribution is -0.118. The highest BCUT2D eigenvalue weighted by molar-refractivity contribution is 7.99. The molecular formula is C21H20N4O2S. The first-order valence-electron chi connectivity index (χ1n) is 9.05. The zero-order valence-electron chi connectivity index (χ0n) is 15.4. The molecule has 142 valence electrons. The highest BCUT2D eigenvalue weighted by Crippen LogP contribution is 2.29. The summed E-state index contributed by atoms with van der Waals surface area (Å²) in [4.78, 5) is 15.3. The van der Waals surface area contributed by atoms with Gasteiger partial charge in [0, 0.05) is 23.6 Å². The summed E-state index contributed by atoms with van der Waals surface area (Å²) in [5.74, 6) is 0.876. The molecule has 0 aliphatic carbocycles. The molecule has 28 heavy (non-hydrogen) atoms. The zero-order valence-corrected chi connectivity index (χ0v) is 16.2. The Labute approximate surface area is 166 Å². The molecule has 4 rings (SSSR count). The van der Waals surface area contributed by atoms with Gasteiger partial charge in [0.1, 0.15) is 0 Å². The van der Waals surface area contributed by atoms with Gasteiger partial charge in [-0.3, -0.25) is 4.79 Å². The number of hydrogen-bond donors (Lipinski definition) is 2. The molecule has 0 radical (unpaired) electrons. The van der Waals surface area contributed by atoms with E-state index in [1.165, 1.54) is 17.3 Å². The number of para-hydroxylation sites is 1. The minimum absolute atomic E-state index is 0.0559. The molecule has 0 saturated heterocycles. The summed E-state index contributed by atoms with van der Waals surface area (Å²) in [6.07, 6.45) is 1.85. The van der Waals surface area contributed by atoms with Crippen LogP contribution in [0.15, 0.2) is 70.4 Å². The van der Waals surface area contributed by atoms with Crippen LogP contribution >= 0.6 is 11.8 Å². The highest BCUT2D eigenvalue weighted by atomic mass is 32.2. The Morgan fingerprint density at radius 3 is 2.79 bits per heavy atom. The number of aromatic nitrogens is 3. The van der Waals surface area contributed by atoms with Gasteiger partial charge in [-0.1, -0.05) is 67.2 Å². The normalized spacial score (nSPS) is 12.2. The summed E-state index contributed by atoms with van der Waals surface area (Å²) in [7, 11) is 0. The fourth-order valence-corrected chi connectivity index (χ4v) is 3.56. The molecule has 2 N–H and O–H groups in total. The predicted octanol–water partition coefficient (Wildman–Crippen LogP) is 4.23. The topological polar surface area (TPSA) is 83.8 Å². The highest BCUT2D eigenvalue weighted by Gasteiger charge is 2.15. The smallest absolute Gasteiger partial charge is 0.277 e. The van der Waals surface area contributed by atoms with Gasteiger partial charge < -0.3 is 14.7 Å². The number of aromatic amines is 1. The summed E-state index contributed by atoms with van der Waals surface area (Å²) >= 11 is 1.24. The average Bonchev–Trinajstić information content (AvgIpc) is 3.37. The van der Waals surface area contributed by atoms with Gasteiger partial charge in [-0.25, -0.2) is 0 Å². The maximum atomic E-state index is 12.1. The molecule has 0 fully saturated rings. The molecule has 2 heterocycles. The molecule has 1 amide bonds. The Kier molecular flexibility index (Phi) is 5.43. The number of benzene rings is 2. The first-order valence-corrected chi connectivity index (χ1v) is 10.0. The third-order valence-electron chi connectivity index (χ3n) is 4.53. The van der Waals surface area contributed by atoms with Crippen molar-refractivity contribution in [3.8, 4) is 11.5 Å². The minimum Gasteiger partial charge on any atom is -0.411 e. The van der Waals surface area contributed by atoms with Gasteiger partial charge in [-0.2, -0.15) is 0 Å². The standard InChI is InChI=1S/C21H20N4O2S/c1-14(15-7-3-2-4-8-15)11-23-19(26)13-28-21-25-24-20(27-21)17-12-22-18-10-6-5-9-16(17)18/h2-10,12,14,22H,11,13H2,1H3,(H,23,26)/t14-/m1/s1. The van der Waals surface area contributed by atoms with Crippen molar-refractivity contribution in [2.24, 2.45) is 0 Å². The molecule has 0 spiro atoms. The number of rotatable bonds is 7. The largest absolute Gasteiger partial charge is 0.411 e. The lowest BCUT2D eigenvalue weighted by Crippen LogP contribution is -2.28. The lowest BCUT2D eigenvalue weighted by Gasteiger charge is -2.12. The zero-order chi connectivity index (χ0) is 19.3. The number of hydrogen-bond acceptors (Lipinski definition) is 5. The third-order valence-corrected chi connectivity index (χ3v) is 5.35. The van der Waals surface area contributed by atoms with Crippen LogP contribution in [0.25, 0.3) is 22.4 Å². The van der Waals surface area contributed by atoms with E-state index in [2.05, 4.69) is 39.6 Å². The summed E-state index contributed by atoms with van der Waals surface area (Å²) in [5.41, 5.74) is 3.07. The van der Waals surface area contributed by atoms with Crippen LogP contribution in [0.2, 0.25) is 0 Å². The predicted molar refractivity (Wildman–Crippen MR) is 110 cm³/mol. The molecule has 0 saturated carbocycles. The van der Waals surface area contributed by atoms with Gasteiger partial charge in [-0.15, -0.1) is 10.2 Å². The molecule has 0 unspecified atom stereocenters. The summed E-state index contributed by atoms with van der Waals surface area (Å²) in [5, 5.41) is 12.5. The van der Waals surface area contributed by atoms with Crippen LogP contribution < -0.4 is 5.32 Å². The van der Waals surface area contributed by atoms with Crippen molar-refractivity contribution in [2.75, 3.05) is 12.3 Å². The van der Waals surface area contributed by atoms with Crippen LogP contribution in [0, 0.1) is 0 Å². The van der Waals surface area contributed by atoms with E-state index in [0.717, 1.165) is 16.5 Å². The maximum absolute atomic E-state index is 12.1. The fraction of sp³-hybridized carbons (Fsp3) is 0.190. The number of nitrogens with zero attached hydrogens (tertiary/aromatic N) is 2. The van der Waals surface area contributed by atoms with E-state index in [-0.39, 0.29) is 17.6 Å². The van der Waals surface area contributed by atoms with E-state index in [0.29, 0.717) is 17.7 Å². The summed E-state index contributed by atoms with van der Waals surface area (Å²) in [6.45, 7) is 2.68. The van der Waals surface area contributed by atoms with Crippen molar-refractivity contribution >= 4 is 28.6 Å². The lowest BCUT2D eigenvalue weighted by atomic mass is 10.0. The number of thioether (sulfide) groups is 1. The molecule has 2 aromatic carbocycles. The van der Waals surface area contributed by atoms with Gasteiger partial charge in [-0.05, 0) is 17.5 Å². The van der Waals surface area contributed by atoms with Gasteiger partial charge >= 0.3 is 0 Å². The number of nitrogens with one attached hydrogen (secondary N) is 2. The van der Waals surface area contributed by atoms with Gasteiger partial charge in [0.2, 0.25) is 5.91 Å². The first kappa shape index (κ1) is 18.3. The number of fused-ring (bicyclic) bond motifs is 1. The van der Waals surface area contributed by atoms with E-state index in [1.807, 2.05) is 48.7 Å². The van der Waals surface area contributed by atoms with Crippen LogP contribution in [-0.2, 0) is 4.79 Å². The van der Waals surface area contributed by atoms with Gasteiger partial charge in [0.05, 0.1) is 11.3 Å². The Morgan fingerprint density at radius 2 is 1.93 bits per heavy atom. The number of carbonyl (C=O) groups is 1. The van der Waals surface area contributed by atoms with Crippen molar-refractivity contribution in [3.63, 3.8) is 0 Å². The number of H-pyrrole nitrogens is 1. The first-order chi connectivity index (χ1) is 13.7. The third kappa shape index (κ3) is 4.09. The molecule has 0 aliphatic rings. The van der Waals surface area contributed by atoms with Gasteiger partial charge in [0.15, 0.2) is 0 Å². The summed E-state index contributed by atoms with van der Waals surface area (Å²) < 4.78 is 5.72. The van der Waals surface area contributed by atoms with Crippen LogP contribution in [0.1, 0.15) is 18.4 Å². The second kappa shape index (κ2) is 8.31. The Bertz CT molecular complexity index is 1070. The second-order valence-corrected chi connectivity index (χ2v) is 7.45. The van der Waals surface area contributed by atoms with Crippen LogP contribution in [0.5, 0.6) is 0 Å². The molecule has 2 aromatic heterocycles. The average molecular weight is 392 g/mol. The maximum Gasteiger partial charge on any atom is 0.277 e. The molecule has 7 heteroatoms. The van der Waals surface area contributed by atoms with Crippen LogP contribution in [-0.4, -0.2) is 33.4 Å². The summed E-state index contributed by atoms with van der Waals surface area (Å²) in [6, 6.07) is 18.0. The Balaban J connectivity index is 1.31. The van der Waals surface area contributed by atoms with E-state index in [1.54, 1.807) is 0 Å². The van der Waals surface area contributed by atoms with Crippen molar-refractivity contribution in [2.45, 2.75) is 18.1 Å². The van der Waals surface area contributed by atoms with Crippen molar-refractivity contribution in [1.82, 2.24) is 20.5 Å². The van der Waals surface area contributed by atoms with Crippen LogP contribution in [0.3, 0.4) is 0 Å². The van der Waals surface area contributed by atoms with E-state index in [4.69, 9.17) is 4.42 Å².